The molecule has 1 aromatic carbocycles. The van der Waals surface area contributed by atoms with Gasteiger partial charge in [0.05, 0.1) is 6.10 Å². The fraction of sp³-hybridized carbons (Fsp3) is 0.538. The van der Waals surface area contributed by atoms with E-state index >= 15 is 0 Å². The lowest BCUT2D eigenvalue weighted by molar-refractivity contribution is 0.141. The minimum Gasteiger partial charge on any atom is -0.392 e. The van der Waals surface area contributed by atoms with Crippen LogP contribution in [-0.4, -0.2) is 36.8 Å². The molecule has 1 aromatic rings. The summed E-state index contributed by atoms with van der Waals surface area (Å²) in [6.07, 6.45) is 16.3. The van der Waals surface area contributed by atoms with Gasteiger partial charge >= 0.3 is 0 Å². The highest BCUT2D eigenvalue weighted by Crippen LogP contribution is 2.48. The van der Waals surface area contributed by atoms with Crippen LogP contribution in [0.1, 0.15) is 51.0 Å². The van der Waals surface area contributed by atoms with Gasteiger partial charge in [0.1, 0.15) is 0 Å². The molecule has 0 aromatic heterocycles. The summed E-state index contributed by atoms with van der Waals surface area (Å²) < 4.78 is 0. The van der Waals surface area contributed by atoms with Gasteiger partial charge in [0.2, 0.25) is 0 Å². The van der Waals surface area contributed by atoms with Crippen molar-refractivity contribution in [3.63, 3.8) is 0 Å². The molecule has 0 heterocycles. The first-order chi connectivity index (χ1) is 13.5. The standard InChI is InChI=1S/C26H37NO/c1-20(16-21-10-6-4-7-11-21)13-14-24-25-18-22(17-23(25)19-26(24)28)12-8-5-9-15-27(2)3/h4,6-7,10-11,13-14,16-17,23-26,28H,5,8-9,12,15,18-19H2,1-3H3/t23-,24+,25-,26+/m0/s1. The van der Waals surface area contributed by atoms with Gasteiger partial charge in [-0.2, -0.15) is 0 Å². The molecule has 1 N–H and O–H groups in total. The first-order valence-corrected chi connectivity index (χ1v) is 11.0. The van der Waals surface area contributed by atoms with Crippen molar-refractivity contribution in [3.8, 4) is 0 Å². The lowest BCUT2D eigenvalue weighted by Crippen LogP contribution is -2.17. The summed E-state index contributed by atoms with van der Waals surface area (Å²) >= 11 is 0. The number of fused-ring (bicyclic) bond motifs is 1. The summed E-state index contributed by atoms with van der Waals surface area (Å²) in [4.78, 5) is 2.27. The van der Waals surface area contributed by atoms with Gasteiger partial charge in [-0.3, -0.25) is 0 Å². The Morgan fingerprint density at radius 3 is 2.68 bits per heavy atom. The Balaban J connectivity index is 1.50. The van der Waals surface area contributed by atoms with E-state index in [0.29, 0.717) is 17.8 Å². The molecule has 0 unspecified atom stereocenters. The number of aliphatic hydroxyl groups excluding tert-OH is 1. The van der Waals surface area contributed by atoms with Crippen molar-refractivity contribution in [2.75, 3.05) is 20.6 Å². The van der Waals surface area contributed by atoms with E-state index in [0.717, 1.165) is 6.42 Å². The summed E-state index contributed by atoms with van der Waals surface area (Å²) in [5.74, 6) is 1.49. The van der Waals surface area contributed by atoms with Crippen molar-refractivity contribution in [2.45, 2.75) is 51.6 Å². The Kier molecular flexibility index (Phi) is 7.70. The molecule has 2 heteroatoms. The molecule has 152 valence electrons. The second-order valence-electron chi connectivity index (χ2n) is 9.01. The van der Waals surface area contributed by atoms with E-state index in [1.165, 1.54) is 49.8 Å². The smallest absolute Gasteiger partial charge is 0.0611 e. The summed E-state index contributed by atoms with van der Waals surface area (Å²) in [5.41, 5.74) is 4.12. The summed E-state index contributed by atoms with van der Waals surface area (Å²) in [5, 5.41) is 10.6. The molecule has 1 saturated carbocycles. The number of nitrogens with zero attached hydrogens (tertiary/aromatic N) is 1. The number of hydrogen-bond acceptors (Lipinski definition) is 2. The molecule has 0 spiro atoms. The van der Waals surface area contributed by atoms with Crippen molar-refractivity contribution >= 4 is 6.08 Å². The van der Waals surface area contributed by atoms with Crippen LogP contribution >= 0.6 is 0 Å². The van der Waals surface area contributed by atoms with Gasteiger partial charge in [-0.15, -0.1) is 0 Å². The van der Waals surface area contributed by atoms with Crippen LogP contribution in [0.4, 0.5) is 0 Å². The van der Waals surface area contributed by atoms with Crippen LogP contribution in [0.3, 0.4) is 0 Å². The quantitative estimate of drug-likeness (QED) is 0.337. The molecular formula is C26H37NO. The number of aliphatic hydroxyl groups is 1. The maximum Gasteiger partial charge on any atom is 0.0611 e. The molecule has 1 fully saturated rings. The van der Waals surface area contributed by atoms with Gasteiger partial charge < -0.3 is 10.0 Å². The minimum absolute atomic E-state index is 0.186. The fourth-order valence-electron chi connectivity index (χ4n) is 4.87. The molecule has 0 bridgehead atoms. The van der Waals surface area contributed by atoms with Crippen LogP contribution in [-0.2, 0) is 0 Å². The first-order valence-electron chi connectivity index (χ1n) is 11.0. The second kappa shape index (κ2) is 10.2. The number of allylic oxidation sites excluding steroid dienone is 4. The van der Waals surface area contributed by atoms with E-state index in [1.54, 1.807) is 5.57 Å². The average Bonchev–Trinajstić information content (AvgIpc) is 3.16. The average molecular weight is 380 g/mol. The zero-order valence-corrected chi connectivity index (χ0v) is 17.8. The van der Waals surface area contributed by atoms with E-state index in [4.69, 9.17) is 0 Å². The third-order valence-electron chi connectivity index (χ3n) is 6.33. The predicted molar refractivity (Wildman–Crippen MR) is 120 cm³/mol. The Morgan fingerprint density at radius 1 is 1.14 bits per heavy atom. The molecule has 0 amide bonds. The topological polar surface area (TPSA) is 23.5 Å². The minimum atomic E-state index is -0.186. The Bertz CT molecular complexity index is 700. The Hall–Kier alpha value is -1.64. The predicted octanol–water partition coefficient (Wildman–Crippen LogP) is 5.71. The zero-order chi connectivity index (χ0) is 19.9. The third-order valence-corrected chi connectivity index (χ3v) is 6.33. The highest BCUT2D eigenvalue weighted by molar-refractivity contribution is 5.55. The Labute approximate surface area is 171 Å². The molecule has 0 saturated heterocycles. The van der Waals surface area contributed by atoms with E-state index in [9.17, 15) is 5.11 Å². The highest BCUT2D eigenvalue weighted by atomic mass is 16.3. The van der Waals surface area contributed by atoms with Crippen LogP contribution in [0.25, 0.3) is 6.08 Å². The monoisotopic (exact) mass is 379 g/mol. The molecule has 2 nitrogen and oxygen atoms in total. The van der Waals surface area contributed by atoms with Gasteiger partial charge in [-0.25, -0.2) is 0 Å². The summed E-state index contributed by atoms with van der Waals surface area (Å²) in [7, 11) is 4.30. The maximum absolute atomic E-state index is 10.6. The molecule has 2 aliphatic rings. The van der Waals surface area contributed by atoms with Crippen LogP contribution in [0.2, 0.25) is 0 Å². The normalized spacial score (nSPS) is 27.6. The molecule has 0 aliphatic heterocycles. The van der Waals surface area contributed by atoms with E-state index < -0.39 is 0 Å². The summed E-state index contributed by atoms with van der Waals surface area (Å²) in [6.45, 7) is 3.34. The second-order valence-corrected chi connectivity index (χ2v) is 9.01. The van der Waals surface area contributed by atoms with Crippen molar-refractivity contribution in [2.24, 2.45) is 17.8 Å². The van der Waals surface area contributed by atoms with E-state index in [-0.39, 0.29) is 6.10 Å². The SMILES string of the molecule is CC(C=C[C@@H]1[C@H]2CC(CCCCCN(C)C)=C[C@H]2C[C@H]1O)=Cc1ccccc1. The molecule has 0 radical (unpaired) electrons. The number of hydrogen-bond donors (Lipinski definition) is 1. The molecule has 4 atom stereocenters. The third kappa shape index (κ3) is 5.93. The molecule has 28 heavy (non-hydrogen) atoms. The van der Waals surface area contributed by atoms with Crippen molar-refractivity contribution in [1.29, 1.82) is 0 Å². The van der Waals surface area contributed by atoms with E-state index in [2.05, 4.69) is 74.5 Å². The largest absolute Gasteiger partial charge is 0.392 e. The highest BCUT2D eigenvalue weighted by Gasteiger charge is 2.43. The van der Waals surface area contributed by atoms with Gasteiger partial charge in [-0.05, 0) is 77.1 Å². The van der Waals surface area contributed by atoms with Gasteiger partial charge in [0, 0.05) is 5.92 Å². The van der Waals surface area contributed by atoms with Gasteiger partial charge in [0.15, 0.2) is 0 Å². The molecule has 2 aliphatic carbocycles. The van der Waals surface area contributed by atoms with Crippen molar-refractivity contribution in [1.82, 2.24) is 4.90 Å². The van der Waals surface area contributed by atoms with E-state index in [1.807, 2.05) is 6.07 Å². The number of unbranched alkanes of at least 4 members (excludes halogenated alkanes) is 2. The van der Waals surface area contributed by atoms with Crippen LogP contribution in [0, 0.1) is 17.8 Å². The maximum atomic E-state index is 10.6. The molecule has 3 rings (SSSR count). The lowest BCUT2D eigenvalue weighted by atomic mass is 9.88. The summed E-state index contributed by atoms with van der Waals surface area (Å²) in [6, 6.07) is 10.4. The van der Waals surface area contributed by atoms with Crippen LogP contribution in [0.15, 0.2) is 59.7 Å². The Morgan fingerprint density at radius 2 is 1.93 bits per heavy atom. The fourth-order valence-corrected chi connectivity index (χ4v) is 4.87. The van der Waals surface area contributed by atoms with Gasteiger partial charge in [0.25, 0.3) is 0 Å². The number of rotatable bonds is 9. The van der Waals surface area contributed by atoms with Crippen LogP contribution < -0.4 is 0 Å². The molecular weight excluding hydrogens is 342 g/mol. The van der Waals surface area contributed by atoms with Crippen molar-refractivity contribution < 1.29 is 5.11 Å². The lowest BCUT2D eigenvalue weighted by Gasteiger charge is -2.18. The van der Waals surface area contributed by atoms with Gasteiger partial charge in [-0.1, -0.05) is 72.2 Å². The number of benzene rings is 1. The van der Waals surface area contributed by atoms with Crippen LogP contribution in [0.5, 0.6) is 0 Å². The first kappa shape index (κ1) is 21.1. The zero-order valence-electron chi connectivity index (χ0n) is 17.8. The van der Waals surface area contributed by atoms with Crippen molar-refractivity contribution in [3.05, 3.63) is 65.3 Å².